The van der Waals surface area contributed by atoms with Gasteiger partial charge in [0.25, 0.3) is 0 Å². The molecule has 2 aromatic heterocycles. The Hall–Kier alpha value is -2.06. The minimum Gasteiger partial charge on any atom is -0.360 e. The Morgan fingerprint density at radius 1 is 1.20 bits per heavy atom. The highest BCUT2D eigenvalue weighted by atomic mass is 32.2. The van der Waals surface area contributed by atoms with Crippen LogP contribution in [0.3, 0.4) is 0 Å². The first-order chi connectivity index (χ1) is 11.9. The lowest BCUT2D eigenvalue weighted by molar-refractivity contribution is -0.172. The smallest absolute Gasteiger partial charge is 0.360 e. The molecule has 1 aromatic carbocycles. The minimum absolute atomic E-state index is 0.00263. The van der Waals surface area contributed by atoms with E-state index in [0.717, 1.165) is 35.1 Å². The van der Waals surface area contributed by atoms with Crippen molar-refractivity contribution >= 4 is 23.0 Å². The van der Waals surface area contributed by atoms with Crippen molar-refractivity contribution in [2.75, 3.05) is 6.54 Å². The number of nitrogens with one attached hydrogen (secondary N) is 1. The molecule has 1 N–H and O–H groups in total. The van der Waals surface area contributed by atoms with Crippen LogP contribution in [0.2, 0.25) is 0 Å². The van der Waals surface area contributed by atoms with Crippen LogP contribution < -0.4 is 0 Å². The van der Waals surface area contributed by atoms with Crippen molar-refractivity contribution in [1.29, 1.82) is 0 Å². The first kappa shape index (κ1) is 17.8. The van der Waals surface area contributed by atoms with E-state index in [1.807, 2.05) is 0 Å². The number of H-pyrrole nitrogens is 1. The van der Waals surface area contributed by atoms with E-state index in [0.29, 0.717) is 4.90 Å². The van der Waals surface area contributed by atoms with Gasteiger partial charge in [0.15, 0.2) is 0 Å². The number of aromatic nitrogens is 2. The van der Waals surface area contributed by atoms with E-state index in [1.165, 1.54) is 16.4 Å². The number of benzene rings is 1. The van der Waals surface area contributed by atoms with Crippen molar-refractivity contribution in [3.05, 3.63) is 60.2 Å². The molecular formula is C17H15F4N3S. The summed E-state index contributed by atoms with van der Waals surface area (Å²) in [6.45, 7) is 1.80. The molecule has 1 atom stereocenters. The lowest BCUT2D eigenvalue weighted by Crippen LogP contribution is -2.34. The van der Waals surface area contributed by atoms with Crippen LogP contribution in [0.25, 0.3) is 11.0 Å². The number of halogens is 4. The summed E-state index contributed by atoms with van der Waals surface area (Å²) >= 11 is 0.978. The van der Waals surface area contributed by atoms with Crippen LogP contribution in [0, 0.1) is 5.82 Å². The summed E-state index contributed by atoms with van der Waals surface area (Å²) in [6, 6.07) is 6.12. The van der Waals surface area contributed by atoms with Crippen LogP contribution in [-0.2, 0) is 0 Å². The van der Waals surface area contributed by atoms with Crippen molar-refractivity contribution in [2.24, 2.45) is 0 Å². The number of fused-ring (bicyclic) bond motifs is 1. The fourth-order valence-corrected chi connectivity index (χ4v) is 3.58. The third kappa shape index (κ3) is 3.96. The highest BCUT2D eigenvalue weighted by Crippen LogP contribution is 2.42. The number of pyridine rings is 1. The molecule has 0 saturated carbocycles. The molecule has 0 amide bonds. The van der Waals surface area contributed by atoms with Gasteiger partial charge in [-0.3, -0.25) is 4.98 Å². The predicted octanol–water partition coefficient (Wildman–Crippen LogP) is 5.33. The third-order valence-corrected chi connectivity index (χ3v) is 4.83. The second-order valence-corrected chi connectivity index (χ2v) is 6.52. The highest BCUT2D eigenvalue weighted by Gasteiger charge is 2.44. The molecule has 0 unspecified atom stereocenters. The van der Waals surface area contributed by atoms with E-state index < -0.39 is 18.0 Å². The summed E-state index contributed by atoms with van der Waals surface area (Å²) < 4.78 is 55.3. The number of hydrogen-bond donors (Lipinski definition) is 1. The Labute approximate surface area is 146 Å². The van der Waals surface area contributed by atoms with E-state index in [4.69, 9.17) is 0 Å². The monoisotopic (exact) mass is 369 g/mol. The molecule has 0 fully saturated rings. The van der Waals surface area contributed by atoms with Gasteiger partial charge in [-0.2, -0.15) is 13.2 Å². The van der Waals surface area contributed by atoms with Crippen molar-refractivity contribution in [1.82, 2.24) is 14.3 Å². The standard InChI is InChI=1S/C17H15F4N3S/c1-2-24(25-13-9-15-14(23-10-13)7-8-22-15)16(17(19,20)21)11-3-5-12(18)6-4-11/h3-10,16,22H,2H2,1H3/t16-/m1/s1. The van der Waals surface area contributed by atoms with E-state index in [2.05, 4.69) is 9.97 Å². The van der Waals surface area contributed by atoms with Crippen LogP contribution in [0.5, 0.6) is 0 Å². The number of nitrogens with zero attached hydrogens (tertiary/aromatic N) is 2. The van der Waals surface area contributed by atoms with Gasteiger partial charge in [-0.15, -0.1) is 0 Å². The first-order valence-corrected chi connectivity index (χ1v) is 8.35. The van der Waals surface area contributed by atoms with Gasteiger partial charge in [0.05, 0.1) is 11.0 Å². The molecule has 0 aliphatic carbocycles. The van der Waals surface area contributed by atoms with Gasteiger partial charge in [0, 0.05) is 23.8 Å². The number of aromatic amines is 1. The fourth-order valence-electron chi connectivity index (χ4n) is 2.56. The molecule has 3 aromatic rings. The first-order valence-electron chi connectivity index (χ1n) is 7.58. The van der Waals surface area contributed by atoms with E-state index in [9.17, 15) is 17.6 Å². The molecule has 2 heterocycles. The molecule has 0 aliphatic rings. The van der Waals surface area contributed by atoms with Crippen molar-refractivity contribution in [2.45, 2.75) is 24.0 Å². The average molecular weight is 369 g/mol. The predicted molar refractivity (Wildman–Crippen MR) is 89.5 cm³/mol. The number of hydrogen-bond acceptors (Lipinski definition) is 3. The molecule has 0 spiro atoms. The Morgan fingerprint density at radius 2 is 1.92 bits per heavy atom. The van der Waals surface area contributed by atoms with Crippen LogP contribution in [0.4, 0.5) is 17.6 Å². The maximum Gasteiger partial charge on any atom is 0.408 e. The summed E-state index contributed by atoms with van der Waals surface area (Å²) in [6.07, 6.45) is -1.23. The Bertz CT molecular complexity index is 845. The quantitative estimate of drug-likeness (QED) is 0.487. The van der Waals surface area contributed by atoms with E-state index in [1.54, 1.807) is 31.5 Å². The van der Waals surface area contributed by atoms with Crippen LogP contribution >= 0.6 is 11.9 Å². The Morgan fingerprint density at radius 3 is 2.56 bits per heavy atom. The molecule has 0 saturated heterocycles. The second kappa shape index (κ2) is 7.05. The van der Waals surface area contributed by atoms with Crippen molar-refractivity contribution < 1.29 is 17.6 Å². The van der Waals surface area contributed by atoms with Crippen molar-refractivity contribution in [3.8, 4) is 0 Å². The largest absolute Gasteiger partial charge is 0.408 e. The molecule has 3 nitrogen and oxygen atoms in total. The van der Waals surface area contributed by atoms with Crippen LogP contribution in [-0.4, -0.2) is 27.0 Å². The van der Waals surface area contributed by atoms with Gasteiger partial charge in [-0.05, 0) is 41.8 Å². The molecule has 25 heavy (non-hydrogen) atoms. The molecule has 0 bridgehead atoms. The lowest BCUT2D eigenvalue weighted by Gasteiger charge is -2.31. The maximum atomic E-state index is 13.7. The molecule has 3 rings (SSSR count). The van der Waals surface area contributed by atoms with E-state index >= 15 is 0 Å². The number of rotatable bonds is 5. The fraction of sp³-hybridized carbons (Fsp3) is 0.235. The zero-order chi connectivity index (χ0) is 18.0. The van der Waals surface area contributed by atoms with Gasteiger partial charge in [0.2, 0.25) is 0 Å². The SMILES string of the molecule is CCN(Sc1cnc2cc[nH]c2c1)[C@H](c1ccc(F)cc1)C(F)(F)F. The van der Waals surface area contributed by atoms with Gasteiger partial charge in [-0.25, -0.2) is 8.70 Å². The van der Waals surface area contributed by atoms with E-state index in [-0.39, 0.29) is 12.1 Å². The molecule has 0 radical (unpaired) electrons. The zero-order valence-corrected chi connectivity index (χ0v) is 14.0. The summed E-state index contributed by atoms with van der Waals surface area (Å²) in [5.41, 5.74) is 1.50. The van der Waals surface area contributed by atoms with Gasteiger partial charge >= 0.3 is 6.18 Å². The third-order valence-electron chi connectivity index (χ3n) is 3.69. The van der Waals surface area contributed by atoms with Crippen LogP contribution in [0.15, 0.2) is 53.7 Å². The molecule has 0 aliphatic heterocycles. The van der Waals surface area contributed by atoms with Crippen LogP contribution in [0.1, 0.15) is 18.5 Å². The zero-order valence-electron chi connectivity index (χ0n) is 13.2. The highest BCUT2D eigenvalue weighted by molar-refractivity contribution is 7.97. The van der Waals surface area contributed by atoms with Crippen molar-refractivity contribution in [3.63, 3.8) is 0 Å². The molecule has 132 valence electrons. The van der Waals surface area contributed by atoms with Gasteiger partial charge < -0.3 is 4.98 Å². The summed E-state index contributed by atoms with van der Waals surface area (Å²) in [5, 5.41) is 0. The maximum absolute atomic E-state index is 13.7. The van der Waals surface area contributed by atoms with Gasteiger partial charge in [-0.1, -0.05) is 19.1 Å². The number of alkyl halides is 3. The summed E-state index contributed by atoms with van der Waals surface area (Å²) in [5.74, 6) is -0.568. The minimum atomic E-state index is -4.50. The lowest BCUT2D eigenvalue weighted by atomic mass is 10.1. The topological polar surface area (TPSA) is 31.9 Å². The normalized spacial score (nSPS) is 13.5. The average Bonchev–Trinajstić information content (AvgIpc) is 3.02. The van der Waals surface area contributed by atoms with Gasteiger partial charge in [0.1, 0.15) is 11.9 Å². The summed E-state index contributed by atoms with van der Waals surface area (Å²) in [7, 11) is 0. The second-order valence-electron chi connectivity index (χ2n) is 5.40. The Balaban J connectivity index is 1.92. The Kier molecular flexibility index (Phi) is 5.01. The molecule has 8 heteroatoms. The molecular weight excluding hydrogens is 354 g/mol. The summed E-state index contributed by atoms with van der Waals surface area (Å²) in [4.78, 5) is 7.81.